The summed E-state index contributed by atoms with van der Waals surface area (Å²) in [6.45, 7) is 8.72. The fourth-order valence-corrected chi connectivity index (χ4v) is 3.31. The quantitative estimate of drug-likeness (QED) is 0.642. The van der Waals surface area contributed by atoms with Crippen LogP contribution in [0.2, 0.25) is 0 Å². The van der Waals surface area contributed by atoms with E-state index in [1.807, 2.05) is 50.5 Å². The van der Waals surface area contributed by atoms with Gasteiger partial charge in [-0.15, -0.1) is 10.2 Å². The van der Waals surface area contributed by atoms with Gasteiger partial charge in [-0.1, -0.05) is 62.9 Å². The fourth-order valence-electron chi connectivity index (χ4n) is 2.52. The number of hydrogen-bond acceptors (Lipinski definition) is 6. The molecule has 0 atom stereocenters. The minimum Gasteiger partial charge on any atom is -0.323 e. The summed E-state index contributed by atoms with van der Waals surface area (Å²) in [7, 11) is 0. The smallest absolute Gasteiger partial charge is 0.234 e. The summed E-state index contributed by atoms with van der Waals surface area (Å²) in [6.07, 6.45) is 3.27. The third kappa shape index (κ3) is 5.16. The predicted octanol–water partition coefficient (Wildman–Crippen LogP) is 3.45. The van der Waals surface area contributed by atoms with Gasteiger partial charge in [0.2, 0.25) is 5.91 Å². The molecule has 0 aliphatic rings. The highest BCUT2D eigenvalue weighted by Crippen LogP contribution is 2.20. The first-order chi connectivity index (χ1) is 13.3. The maximum Gasteiger partial charge on any atom is 0.234 e. The third-order valence-corrected chi connectivity index (χ3v) is 4.99. The van der Waals surface area contributed by atoms with Gasteiger partial charge in [-0.25, -0.2) is 9.97 Å². The number of anilines is 1. The van der Waals surface area contributed by atoms with Crippen molar-refractivity contribution in [2.24, 2.45) is 0 Å². The van der Waals surface area contributed by atoms with E-state index in [1.54, 1.807) is 12.4 Å². The predicted molar refractivity (Wildman–Crippen MR) is 110 cm³/mol. The molecule has 3 rings (SSSR count). The van der Waals surface area contributed by atoms with Crippen molar-refractivity contribution in [3.05, 3.63) is 59.9 Å². The summed E-state index contributed by atoms with van der Waals surface area (Å²) in [6, 6.07) is 10.1. The zero-order chi connectivity index (χ0) is 20.1. The molecular weight excluding hydrogens is 372 g/mol. The molecule has 0 fully saturated rings. The zero-order valence-electron chi connectivity index (χ0n) is 16.5. The Kier molecular flexibility index (Phi) is 6.08. The molecule has 0 aliphatic carbocycles. The molecule has 0 radical (unpaired) electrons. The van der Waals surface area contributed by atoms with E-state index in [0.717, 1.165) is 22.4 Å². The number of thioether (sulfide) groups is 1. The third-order valence-electron chi connectivity index (χ3n) is 4.02. The molecule has 0 saturated carbocycles. The number of amides is 1. The molecule has 1 amide bonds. The minimum atomic E-state index is -0.135. The van der Waals surface area contributed by atoms with Crippen LogP contribution in [0.4, 0.5) is 5.69 Å². The highest BCUT2D eigenvalue weighted by molar-refractivity contribution is 7.99. The Morgan fingerprint density at radius 2 is 1.79 bits per heavy atom. The van der Waals surface area contributed by atoms with E-state index in [4.69, 9.17) is 0 Å². The van der Waals surface area contributed by atoms with Gasteiger partial charge < -0.3 is 9.88 Å². The van der Waals surface area contributed by atoms with Crippen molar-refractivity contribution in [3.63, 3.8) is 0 Å². The summed E-state index contributed by atoms with van der Waals surface area (Å²) in [4.78, 5) is 21.0. The second kappa shape index (κ2) is 8.52. The lowest BCUT2D eigenvalue weighted by Gasteiger charge is -2.16. The van der Waals surface area contributed by atoms with E-state index in [2.05, 4.69) is 37.6 Å². The molecule has 0 saturated heterocycles. The lowest BCUT2D eigenvalue weighted by atomic mass is 9.96. The highest BCUT2D eigenvalue weighted by atomic mass is 32.2. The van der Waals surface area contributed by atoms with Gasteiger partial charge in [-0.05, 0) is 12.5 Å². The standard InChI is InChI=1S/C20H24N6OS/c1-14-24-25-19(26(14)12-15-8-6-5-7-9-15)28-13-17(27)23-16-10-21-18(22-11-16)20(2,3)4/h5-11H,12-13H2,1-4H3,(H,23,27). The van der Waals surface area contributed by atoms with E-state index in [-0.39, 0.29) is 17.1 Å². The number of benzene rings is 1. The largest absolute Gasteiger partial charge is 0.323 e. The lowest BCUT2D eigenvalue weighted by Crippen LogP contribution is -2.18. The zero-order valence-corrected chi connectivity index (χ0v) is 17.3. The van der Waals surface area contributed by atoms with E-state index in [1.165, 1.54) is 11.8 Å². The molecule has 8 heteroatoms. The summed E-state index contributed by atoms with van der Waals surface area (Å²) < 4.78 is 2.01. The normalized spacial score (nSPS) is 11.4. The van der Waals surface area contributed by atoms with Gasteiger partial charge in [0, 0.05) is 5.41 Å². The van der Waals surface area contributed by atoms with Crippen LogP contribution in [0.3, 0.4) is 0 Å². The molecule has 2 aromatic heterocycles. The van der Waals surface area contributed by atoms with Gasteiger partial charge in [0.25, 0.3) is 0 Å². The van der Waals surface area contributed by atoms with Crippen molar-refractivity contribution in [2.75, 3.05) is 11.1 Å². The number of aryl methyl sites for hydroxylation is 1. The summed E-state index contributed by atoms with van der Waals surface area (Å²) in [5, 5.41) is 11.9. The van der Waals surface area contributed by atoms with Gasteiger partial charge in [0.05, 0.1) is 30.4 Å². The molecular formula is C20H24N6OS. The maximum atomic E-state index is 12.3. The number of carbonyl (C=O) groups is 1. The molecule has 7 nitrogen and oxygen atoms in total. The summed E-state index contributed by atoms with van der Waals surface area (Å²) in [5.41, 5.74) is 1.62. The van der Waals surface area contributed by atoms with E-state index < -0.39 is 0 Å². The van der Waals surface area contributed by atoms with Crippen molar-refractivity contribution in [1.29, 1.82) is 0 Å². The van der Waals surface area contributed by atoms with E-state index in [9.17, 15) is 4.79 Å². The number of aromatic nitrogens is 5. The highest BCUT2D eigenvalue weighted by Gasteiger charge is 2.17. The van der Waals surface area contributed by atoms with Crippen LogP contribution in [-0.2, 0) is 16.8 Å². The fraction of sp³-hybridized carbons (Fsp3) is 0.350. The molecule has 2 heterocycles. The van der Waals surface area contributed by atoms with Gasteiger partial charge in [-0.2, -0.15) is 0 Å². The lowest BCUT2D eigenvalue weighted by molar-refractivity contribution is -0.113. The minimum absolute atomic E-state index is 0.126. The Bertz CT molecular complexity index is 932. The molecule has 1 aromatic carbocycles. The molecule has 0 aliphatic heterocycles. The summed E-state index contributed by atoms with van der Waals surface area (Å²) >= 11 is 1.36. The first-order valence-corrected chi connectivity index (χ1v) is 10.0. The monoisotopic (exact) mass is 396 g/mol. The topological polar surface area (TPSA) is 85.6 Å². The molecule has 0 bridgehead atoms. The molecule has 0 spiro atoms. The van der Waals surface area contributed by atoms with Crippen molar-refractivity contribution >= 4 is 23.4 Å². The number of hydrogen-bond donors (Lipinski definition) is 1. The van der Waals surface area contributed by atoms with Crippen molar-refractivity contribution in [3.8, 4) is 0 Å². The molecule has 0 unspecified atom stereocenters. The Morgan fingerprint density at radius 1 is 1.11 bits per heavy atom. The summed E-state index contributed by atoms with van der Waals surface area (Å²) in [5.74, 6) is 1.65. The second-order valence-electron chi connectivity index (χ2n) is 7.48. The Morgan fingerprint density at radius 3 is 2.43 bits per heavy atom. The molecule has 3 aromatic rings. The molecule has 1 N–H and O–H groups in total. The molecule has 146 valence electrons. The molecule has 28 heavy (non-hydrogen) atoms. The van der Waals surface area contributed by atoms with Gasteiger partial charge in [0.15, 0.2) is 5.16 Å². The van der Waals surface area contributed by atoms with E-state index in [0.29, 0.717) is 12.2 Å². The Labute approximate surface area is 169 Å². The second-order valence-corrected chi connectivity index (χ2v) is 8.43. The van der Waals surface area contributed by atoms with Crippen molar-refractivity contribution in [1.82, 2.24) is 24.7 Å². The Balaban J connectivity index is 1.59. The number of carbonyl (C=O) groups excluding carboxylic acids is 1. The van der Waals surface area contributed by atoms with Gasteiger partial charge in [-0.3, -0.25) is 4.79 Å². The van der Waals surface area contributed by atoms with Crippen molar-refractivity contribution in [2.45, 2.75) is 44.8 Å². The van der Waals surface area contributed by atoms with Crippen LogP contribution in [-0.4, -0.2) is 36.4 Å². The van der Waals surface area contributed by atoms with Crippen LogP contribution in [0.15, 0.2) is 47.9 Å². The van der Waals surface area contributed by atoms with Crippen LogP contribution in [0, 0.1) is 6.92 Å². The van der Waals surface area contributed by atoms with Crippen LogP contribution < -0.4 is 5.32 Å². The average Bonchev–Trinajstić information content (AvgIpc) is 3.00. The van der Waals surface area contributed by atoms with Gasteiger partial charge in [0.1, 0.15) is 11.6 Å². The SMILES string of the molecule is Cc1nnc(SCC(=O)Nc2cnc(C(C)(C)C)nc2)n1Cc1ccccc1. The van der Waals surface area contributed by atoms with Crippen molar-refractivity contribution < 1.29 is 4.79 Å². The average molecular weight is 397 g/mol. The number of nitrogens with zero attached hydrogens (tertiary/aromatic N) is 5. The van der Waals surface area contributed by atoms with E-state index >= 15 is 0 Å². The van der Waals surface area contributed by atoms with Crippen LogP contribution in [0.25, 0.3) is 0 Å². The number of nitrogens with one attached hydrogen (secondary N) is 1. The number of rotatable bonds is 6. The maximum absolute atomic E-state index is 12.3. The van der Waals surface area contributed by atoms with Gasteiger partial charge >= 0.3 is 0 Å². The van der Waals surface area contributed by atoms with Crippen LogP contribution in [0.1, 0.15) is 38.0 Å². The first kappa shape index (κ1) is 20.0. The first-order valence-electron chi connectivity index (χ1n) is 9.02. The van der Waals surface area contributed by atoms with Crippen LogP contribution in [0.5, 0.6) is 0 Å². The van der Waals surface area contributed by atoms with Crippen LogP contribution >= 0.6 is 11.8 Å². The Hall–Kier alpha value is -2.74.